The molecule has 2 bridgehead atoms. The van der Waals surface area contributed by atoms with E-state index in [0.717, 1.165) is 12.8 Å². The van der Waals surface area contributed by atoms with Gasteiger partial charge in [0.1, 0.15) is 0 Å². The summed E-state index contributed by atoms with van der Waals surface area (Å²) in [6.07, 6.45) is 4.78. The fraction of sp³-hybridized carbons (Fsp3) is 0.833. The number of hydrogen-bond acceptors (Lipinski definition) is 3. The summed E-state index contributed by atoms with van der Waals surface area (Å²) in [6.45, 7) is 0.368. The van der Waals surface area contributed by atoms with Gasteiger partial charge in [0, 0.05) is 18.1 Å². The maximum Gasteiger partial charge on any atom is 0.230 e. The number of amides is 1. The van der Waals surface area contributed by atoms with Crippen molar-refractivity contribution in [3.8, 4) is 0 Å². The molecule has 4 nitrogen and oxygen atoms in total. The number of Topliss-reactive ketones (excluding diaryl/α,β-unsaturated/α-hetero) is 1. The Bertz CT molecular complexity index is 328. The van der Waals surface area contributed by atoms with E-state index in [-0.39, 0.29) is 18.1 Å². The second kappa shape index (κ2) is 3.55. The number of fused-ring (bicyclic) bond motifs is 2. The van der Waals surface area contributed by atoms with E-state index in [1.165, 1.54) is 12.8 Å². The van der Waals surface area contributed by atoms with Crippen LogP contribution in [0.25, 0.3) is 0 Å². The summed E-state index contributed by atoms with van der Waals surface area (Å²) in [7, 11) is 2.19. The first-order valence-corrected chi connectivity index (χ1v) is 6.18. The topological polar surface area (TPSA) is 40.6 Å². The van der Waals surface area contributed by atoms with Crippen LogP contribution in [-0.2, 0) is 9.59 Å². The van der Waals surface area contributed by atoms with E-state index >= 15 is 0 Å². The lowest BCUT2D eigenvalue weighted by Crippen LogP contribution is -2.49. The largest absolute Gasteiger partial charge is 0.332 e. The van der Waals surface area contributed by atoms with Gasteiger partial charge < -0.3 is 9.80 Å². The van der Waals surface area contributed by atoms with Crippen LogP contribution < -0.4 is 0 Å². The molecule has 3 saturated heterocycles. The Balaban J connectivity index is 1.73. The van der Waals surface area contributed by atoms with Crippen LogP contribution >= 0.6 is 0 Å². The van der Waals surface area contributed by atoms with Crippen molar-refractivity contribution in [2.45, 2.75) is 50.2 Å². The summed E-state index contributed by atoms with van der Waals surface area (Å²) < 4.78 is 0. The summed E-state index contributed by atoms with van der Waals surface area (Å²) in [5.41, 5.74) is 0. The first-order valence-electron chi connectivity index (χ1n) is 6.18. The predicted molar refractivity (Wildman–Crippen MR) is 58.9 cm³/mol. The summed E-state index contributed by atoms with van der Waals surface area (Å²) in [4.78, 5) is 27.3. The number of carbonyl (C=O) groups excluding carboxylic acids is 2. The molecule has 3 aliphatic rings. The molecule has 2 atom stereocenters. The van der Waals surface area contributed by atoms with Crippen molar-refractivity contribution in [3.63, 3.8) is 0 Å². The zero-order chi connectivity index (χ0) is 11.3. The molecule has 0 radical (unpaired) electrons. The van der Waals surface area contributed by atoms with Gasteiger partial charge in [-0.2, -0.15) is 0 Å². The van der Waals surface area contributed by atoms with Crippen LogP contribution in [-0.4, -0.2) is 53.2 Å². The van der Waals surface area contributed by atoms with Crippen molar-refractivity contribution in [1.29, 1.82) is 0 Å². The normalized spacial score (nSPS) is 39.8. The average Bonchev–Trinajstić information content (AvgIpc) is 2.65. The molecule has 4 heteroatoms. The third-order valence-electron chi connectivity index (χ3n) is 4.53. The molecule has 0 aliphatic carbocycles. The van der Waals surface area contributed by atoms with Gasteiger partial charge in [-0.3, -0.25) is 9.59 Å². The molecule has 3 rings (SSSR count). The Hall–Kier alpha value is -0.900. The fourth-order valence-corrected chi connectivity index (χ4v) is 3.57. The van der Waals surface area contributed by atoms with Gasteiger partial charge in [-0.25, -0.2) is 0 Å². The molecule has 1 amide bonds. The van der Waals surface area contributed by atoms with E-state index in [1.807, 2.05) is 4.90 Å². The van der Waals surface area contributed by atoms with E-state index in [4.69, 9.17) is 0 Å². The summed E-state index contributed by atoms with van der Waals surface area (Å²) in [6, 6.07) is 1.59. The molecule has 3 fully saturated rings. The lowest BCUT2D eigenvalue weighted by Gasteiger charge is -2.40. The van der Waals surface area contributed by atoms with Crippen molar-refractivity contribution in [2.24, 2.45) is 0 Å². The minimum Gasteiger partial charge on any atom is -0.332 e. The van der Waals surface area contributed by atoms with E-state index in [1.54, 1.807) is 0 Å². The predicted octanol–water partition coefficient (Wildman–Crippen LogP) is 0.413. The lowest BCUT2D eigenvalue weighted by molar-refractivity contribution is -0.130. The van der Waals surface area contributed by atoms with Gasteiger partial charge in [-0.1, -0.05) is 0 Å². The summed E-state index contributed by atoms with van der Waals surface area (Å²) in [5, 5.41) is 0. The number of rotatable bonds is 1. The van der Waals surface area contributed by atoms with E-state index in [9.17, 15) is 9.59 Å². The number of likely N-dealkylation sites (tertiary alicyclic amines) is 1. The van der Waals surface area contributed by atoms with E-state index in [2.05, 4.69) is 11.9 Å². The van der Waals surface area contributed by atoms with E-state index < -0.39 is 0 Å². The average molecular weight is 222 g/mol. The second-order valence-electron chi connectivity index (χ2n) is 5.41. The molecule has 3 aliphatic heterocycles. The Morgan fingerprint density at radius 3 is 2.19 bits per heavy atom. The van der Waals surface area contributed by atoms with Crippen molar-refractivity contribution < 1.29 is 9.59 Å². The van der Waals surface area contributed by atoms with Crippen molar-refractivity contribution in [3.05, 3.63) is 0 Å². The number of nitrogens with zero attached hydrogens (tertiary/aromatic N) is 2. The standard InChI is InChI=1S/C12H18N2O2/c1-13-8-2-3-9(13)5-10(4-8)14-7-11(15)6-12(14)16/h8-10H,2-7H2,1H3. The van der Waals surface area contributed by atoms with Crippen molar-refractivity contribution in [2.75, 3.05) is 13.6 Å². The van der Waals surface area contributed by atoms with Crippen LogP contribution in [0.15, 0.2) is 0 Å². The minimum absolute atomic E-state index is 0.0546. The Kier molecular flexibility index (Phi) is 2.28. The molecule has 0 aromatic carbocycles. The second-order valence-corrected chi connectivity index (χ2v) is 5.41. The third kappa shape index (κ3) is 1.47. The van der Waals surface area contributed by atoms with Crippen LogP contribution in [0, 0.1) is 0 Å². The van der Waals surface area contributed by atoms with Gasteiger partial charge >= 0.3 is 0 Å². The summed E-state index contributed by atoms with van der Waals surface area (Å²) in [5.74, 6) is 0.148. The molecule has 0 saturated carbocycles. The number of hydrogen-bond donors (Lipinski definition) is 0. The van der Waals surface area contributed by atoms with Crippen LogP contribution in [0.4, 0.5) is 0 Å². The highest BCUT2D eigenvalue weighted by Crippen LogP contribution is 2.37. The van der Waals surface area contributed by atoms with Crippen LogP contribution in [0.1, 0.15) is 32.1 Å². The zero-order valence-corrected chi connectivity index (χ0v) is 9.69. The van der Waals surface area contributed by atoms with Crippen LogP contribution in [0.5, 0.6) is 0 Å². The zero-order valence-electron chi connectivity index (χ0n) is 9.69. The maximum atomic E-state index is 11.7. The van der Waals surface area contributed by atoms with Gasteiger partial charge in [0.15, 0.2) is 5.78 Å². The monoisotopic (exact) mass is 222 g/mol. The van der Waals surface area contributed by atoms with Crippen molar-refractivity contribution in [1.82, 2.24) is 9.80 Å². The molecule has 0 aromatic rings. The quantitative estimate of drug-likeness (QED) is 0.603. The molecule has 0 spiro atoms. The number of piperidine rings is 1. The van der Waals surface area contributed by atoms with E-state index in [0.29, 0.717) is 24.7 Å². The SMILES string of the molecule is CN1C2CCC1CC(N1CC(=O)CC1=O)C2. The highest BCUT2D eigenvalue weighted by molar-refractivity contribution is 6.05. The van der Waals surface area contributed by atoms with Gasteiger partial charge in [0.05, 0.1) is 13.0 Å². The molecule has 88 valence electrons. The van der Waals surface area contributed by atoms with Crippen LogP contribution in [0.3, 0.4) is 0 Å². The highest BCUT2D eigenvalue weighted by Gasteiger charge is 2.43. The fourth-order valence-electron chi connectivity index (χ4n) is 3.57. The molecule has 2 unspecified atom stereocenters. The first kappa shape index (κ1) is 10.3. The van der Waals surface area contributed by atoms with Gasteiger partial charge in [-0.05, 0) is 32.7 Å². The highest BCUT2D eigenvalue weighted by atomic mass is 16.2. The first-order chi connectivity index (χ1) is 7.65. The molecule has 0 aromatic heterocycles. The molecular formula is C12H18N2O2. The molecule has 16 heavy (non-hydrogen) atoms. The van der Waals surface area contributed by atoms with Gasteiger partial charge in [-0.15, -0.1) is 0 Å². The smallest absolute Gasteiger partial charge is 0.230 e. The lowest BCUT2D eigenvalue weighted by atomic mass is 9.97. The number of carbonyl (C=O) groups is 2. The third-order valence-corrected chi connectivity index (χ3v) is 4.53. The minimum atomic E-state index is 0.0546. The molecule has 3 heterocycles. The Morgan fingerprint density at radius 2 is 1.69 bits per heavy atom. The molecular weight excluding hydrogens is 204 g/mol. The molecule has 0 N–H and O–H groups in total. The Morgan fingerprint density at radius 1 is 1.06 bits per heavy atom. The number of ketones is 1. The Labute approximate surface area is 95.6 Å². The summed E-state index contributed by atoms with van der Waals surface area (Å²) >= 11 is 0. The van der Waals surface area contributed by atoms with Gasteiger partial charge in [0.2, 0.25) is 5.91 Å². The van der Waals surface area contributed by atoms with Gasteiger partial charge in [0.25, 0.3) is 0 Å². The van der Waals surface area contributed by atoms with Crippen LogP contribution in [0.2, 0.25) is 0 Å². The van der Waals surface area contributed by atoms with Crippen molar-refractivity contribution >= 4 is 11.7 Å². The maximum absolute atomic E-state index is 11.7.